The highest BCUT2D eigenvalue weighted by Gasteiger charge is 2.19. The van der Waals surface area contributed by atoms with Gasteiger partial charge in [-0.1, -0.05) is 11.8 Å². The van der Waals surface area contributed by atoms with Crippen molar-refractivity contribution in [1.29, 1.82) is 0 Å². The molecule has 1 amide bonds. The first kappa shape index (κ1) is 21.6. The zero-order valence-electron chi connectivity index (χ0n) is 18.3. The number of ether oxygens (including phenoxy) is 3. The molecule has 1 aromatic heterocycles. The molecule has 33 heavy (non-hydrogen) atoms. The first-order chi connectivity index (χ1) is 16.2. The van der Waals surface area contributed by atoms with Gasteiger partial charge in [-0.05, 0) is 49.4 Å². The van der Waals surface area contributed by atoms with Crippen LogP contribution >= 0.6 is 11.8 Å². The molecule has 0 spiro atoms. The van der Waals surface area contributed by atoms with E-state index >= 15 is 0 Å². The van der Waals surface area contributed by atoms with Crippen LogP contribution in [0.5, 0.6) is 11.5 Å². The molecule has 3 aromatic rings. The van der Waals surface area contributed by atoms with E-state index in [4.69, 9.17) is 14.2 Å². The Labute approximate surface area is 196 Å². The number of carbonyl (C=O) groups excluding carboxylic acids is 1. The van der Waals surface area contributed by atoms with Gasteiger partial charge in [0.05, 0.1) is 19.0 Å². The van der Waals surface area contributed by atoms with Gasteiger partial charge in [0.15, 0.2) is 22.5 Å². The van der Waals surface area contributed by atoms with Crippen molar-refractivity contribution in [2.45, 2.75) is 18.6 Å². The SMILES string of the molecule is CCn1c(SCC(=O)Nc2ccc(N3CCOCC3)cc2)nnc1-c1ccc2c(c1)OCO2. The maximum Gasteiger partial charge on any atom is 0.234 e. The second-order valence-electron chi connectivity index (χ2n) is 7.60. The van der Waals surface area contributed by atoms with Gasteiger partial charge in [-0.25, -0.2) is 0 Å². The summed E-state index contributed by atoms with van der Waals surface area (Å²) in [7, 11) is 0. The Balaban J connectivity index is 1.20. The summed E-state index contributed by atoms with van der Waals surface area (Å²) in [6, 6.07) is 13.6. The van der Waals surface area contributed by atoms with Crippen molar-refractivity contribution in [3.63, 3.8) is 0 Å². The predicted molar refractivity (Wildman–Crippen MR) is 126 cm³/mol. The number of hydrogen-bond donors (Lipinski definition) is 1. The van der Waals surface area contributed by atoms with Gasteiger partial charge >= 0.3 is 0 Å². The number of thioether (sulfide) groups is 1. The summed E-state index contributed by atoms with van der Waals surface area (Å²) in [5, 5.41) is 12.3. The number of nitrogens with zero attached hydrogens (tertiary/aromatic N) is 4. The molecule has 2 aliphatic rings. The number of fused-ring (bicyclic) bond motifs is 1. The van der Waals surface area contributed by atoms with E-state index in [1.807, 2.05) is 54.0 Å². The molecule has 1 fully saturated rings. The van der Waals surface area contributed by atoms with Gasteiger partial charge < -0.3 is 29.0 Å². The van der Waals surface area contributed by atoms with E-state index in [0.29, 0.717) is 17.5 Å². The van der Waals surface area contributed by atoms with Crippen molar-refractivity contribution < 1.29 is 19.0 Å². The van der Waals surface area contributed by atoms with Crippen LogP contribution in [0, 0.1) is 0 Å². The van der Waals surface area contributed by atoms with E-state index in [2.05, 4.69) is 20.4 Å². The van der Waals surface area contributed by atoms with Crippen LogP contribution in [-0.2, 0) is 16.1 Å². The number of benzene rings is 2. The van der Waals surface area contributed by atoms with Crippen LogP contribution in [0.25, 0.3) is 11.4 Å². The number of nitrogens with one attached hydrogen (secondary N) is 1. The lowest BCUT2D eigenvalue weighted by Gasteiger charge is -2.28. The third-order valence-electron chi connectivity index (χ3n) is 5.52. The summed E-state index contributed by atoms with van der Waals surface area (Å²) >= 11 is 1.37. The third kappa shape index (κ3) is 4.76. The summed E-state index contributed by atoms with van der Waals surface area (Å²) in [4.78, 5) is 14.8. The van der Waals surface area contributed by atoms with Crippen LogP contribution in [0.4, 0.5) is 11.4 Å². The molecule has 3 heterocycles. The molecule has 0 atom stereocenters. The second-order valence-corrected chi connectivity index (χ2v) is 8.54. The standard InChI is InChI=1S/C23H25N5O4S/c1-2-28-22(16-3-8-19-20(13-16)32-15-31-19)25-26-23(28)33-14-21(29)24-17-4-6-18(7-5-17)27-9-11-30-12-10-27/h3-8,13H,2,9-12,14-15H2,1H3,(H,24,29). The fourth-order valence-corrected chi connectivity index (χ4v) is 4.64. The van der Waals surface area contributed by atoms with Crippen LogP contribution in [0.15, 0.2) is 47.6 Å². The number of amides is 1. The molecule has 10 heteroatoms. The Hall–Kier alpha value is -3.24. The first-order valence-corrected chi connectivity index (χ1v) is 11.9. The Morgan fingerprint density at radius 1 is 1.06 bits per heavy atom. The van der Waals surface area contributed by atoms with Crippen LogP contribution < -0.4 is 19.7 Å². The topological polar surface area (TPSA) is 90.7 Å². The molecule has 0 radical (unpaired) electrons. The molecule has 0 saturated carbocycles. The monoisotopic (exact) mass is 467 g/mol. The maximum atomic E-state index is 12.5. The minimum Gasteiger partial charge on any atom is -0.454 e. The van der Waals surface area contributed by atoms with E-state index in [-0.39, 0.29) is 18.5 Å². The normalized spacial score (nSPS) is 15.0. The molecular weight excluding hydrogens is 442 g/mol. The largest absolute Gasteiger partial charge is 0.454 e. The predicted octanol–water partition coefficient (Wildman–Crippen LogP) is 3.26. The van der Waals surface area contributed by atoms with Crippen molar-refractivity contribution in [2.75, 3.05) is 49.1 Å². The van der Waals surface area contributed by atoms with Gasteiger partial charge in [0, 0.05) is 36.6 Å². The molecule has 1 saturated heterocycles. The van der Waals surface area contributed by atoms with Crippen molar-refractivity contribution in [3.05, 3.63) is 42.5 Å². The van der Waals surface area contributed by atoms with E-state index in [1.165, 1.54) is 11.8 Å². The van der Waals surface area contributed by atoms with Gasteiger partial charge in [0.1, 0.15) is 0 Å². The summed E-state index contributed by atoms with van der Waals surface area (Å²) in [6.45, 7) is 6.20. The van der Waals surface area contributed by atoms with Gasteiger partial charge in [-0.15, -0.1) is 10.2 Å². The van der Waals surface area contributed by atoms with Gasteiger partial charge in [0.2, 0.25) is 12.7 Å². The Morgan fingerprint density at radius 2 is 1.85 bits per heavy atom. The van der Waals surface area contributed by atoms with Crippen molar-refractivity contribution in [3.8, 4) is 22.9 Å². The lowest BCUT2D eigenvalue weighted by Crippen LogP contribution is -2.36. The number of hydrogen-bond acceptors (Lipinski definition) is 8. The second kappa shape index (κ2) is 9.72. The lowest BCUT2D eigenvalue weighted by molar-refractivity contribution is -0.113. The number of aromatic nitrogens is 3. The van der Waals surface area contributed by atoms with Crippen LogP contribution in [0.1, 0.15) is 6.92 Å². The summed E-state index contributed by atoms with van der Waals surface area (Å²) in [5.74, 6) is 2.31. The first-order valence-electron chi connectivity index (χ1n) is 10.9. The zero-order valence-corrected chi connectivity index (χ0v) is 19.1. The average molecular weight is 468 g/mol. The van der Waals surface area contributed by atoms with Crippen LogP contribution in [-0.4, -0.2) is 59.5 Å². The zero-order chi connectivity index (χ0) is 22.6. The van der Waals surface area contributed by atoms with Gasteiger partial charge in [0.25, 0.3) is 0 Å². The molecule has 5 rings (SSSR count). The molecule has 2 aromatic carbocycles. The van der Waals surface area contributed by atoms with E-state index in [0.717, 1.165) is 54.8 Å². The average Bonchev–Trinajstić information content (AvgIpc) is 3.50. The van der Waals surface area contributed by atoms with E-state index in [9.17, 15) is 4.79 Å². The molecule has 0 aliphatic carbocycles. The van der Waals surface area contributed by atoms with Crippen molar-refractivity contribution in [1.82, 2.24) is 14.8 Å². The minimum absolute atomic E-state index is 0.0885. The maximum absolute atomic E-state index is 12.5. The quantitative estimate of drug-likeness (QED) is 0.530. The highest BCUT2D eigenvalue weighted by molar-refractivity contribution is 7.99. The Morgan fingerprint density at radius 3 is 2.64 bits per heavy atom. The minimum atomic E-state index is -0.0885. The van der Waals surface area contributed by atoms with Crippen molar-refractivity contribution >= 4 is 29.0 Å². The molecular formula is C23H25N5O4S. The number of carbonyl (C=O) groups is 1. The fourth-order valence-electron chi connectivity index (χ4n) is 3.83. The van der Waals surface area contributed by atoms with Crippen molar-refractivity contribution in [2.24, 2.45) is 0 Å². The summed E-state index contributed by atoms with van der Waals surface area (Å²) in [6.07, 6.45) is 0. The van der Waals surface area contributed by atoms with E-state index < -0.39 is 0 Å². The molecule has 0 unspecified atom stereocenters. The van der Waals surface area contributed by atoms with Gasteiger partial charge in [-0.2, -0.15) is 0 Å². The molecule has 172 valence electrons. The Bertz CT molecular complexity index is 1130. The van der Waals surface area contributed by atoms with E-state index in [1.54, 1.807) is 0 Å². The highest BCUT2D eigenvalue weighted by Crippen LogP contribution is 2.36. The summed E-state index contributed by atoms with van der Waals surface area (Å²) in [5.41, 5.74) is 2.80. The highest BCUT2D eigenvalue weighted by atomic mass is 32.2. The van der Waals surface area contributed by atoms with Crippen LogP contribution in [0.3, 0.4) is 0 Å². The Kier molecular flexibility index (Phi) is 6.36. The number of anilines is 2. The number of rotatable bonds is 7. The smallest absolute Gasteiger partial charge is 0.234 e. The molecule has 9 nitrogen and oxygen atoms in total. The van der Waals surface area contributed by atoms with Crippen LogP contribution in [0.2, 0.25) is 0 Å². The molecule has 1 N–H and O–H groups in total. The number of morpholine rings is 1. The molecule has 2 aliphatic heterocycles. The van der Waals surface area contributed by atoms with Gasteiger partial charge in [-0.3, -0.25) is 4.79 Å². The lowest BCUT2D eigenvalue weighted by atomic mass is 10.2. The fraction of sp³-hybridized carbons (Fsp3) is 0.348. The summed E-state index contributed by atoms with van der Waals surface area (Å²) < 4.78 is 18.2. The molecule has 0 bridgehead atoms. The third-order valence-corrected chi connectivity index (χ3v) is 6.49.